The van der Waals surface area contributed by atoms with Gasteiger partial charge in [-0.15, -0.1) is 10.2 Å². The molecule has 3 unspecified atom stereocenters. The summed E-state index contributed by atoms with van der Waals surface area (Å²) in [6, 6.07) is 45.5. The fraction of sp³-hybridized carbons (Fsp3) is 0.286. The lowest BCUT2D eigenvalue weighted by Gasteiger charge is -2.35. The molecule has 3 atom stereocenters. The summed E-state index contributed by atoms with van der Waals surface area (Å²) >= 11 is 12.6. The third-order valence-electron chi connectivity index (χ3n) is 15.1. The largest absolute Gasteiger partial charge is 0.351 e. The summed E-state index contributed by atoms with van der Waals surface area (Å²) in [5.41, 5.74) is 4.80. The third kappa shape index (κ3) is 13.4. The number of benzene rings is 6. The molecule has 18 heteroatoms. The highest BCUT2D eigenvalue weighted by Gasteiger charge is 2.39. The van der Waals surface area contributed by atoms with Gasteiger partial charge in [0.15, 0.2) is 5.69 Å². The number of nitrogens with one attached hydrogen (secondary N) is 3. The quantitative estimate of drug-likeness (QED) is 0.0707. The van der Waals surface area contributed by atoms with E-state index in [0.717, 1.165) is 69.8 Å². The number of rotatable bonds is 19. The normalized spacial score (nSPS) is 15.0. The molecule has 5 amide bonds. The van der Waals surface area contributed by atoms with Gasteiger partial charge in [0.25, 0.3) is 17.7 Å². The Balaban J connectivity index is 0.878. The Kier molecular flexibility index (Phi) is 18.1. The third-order valence-corrected chi connectivity index (χ3v) is 15.6. The Labute approximate surface area is 480 Å². The fourth-order valence-corrected chi connectivity index (χ4v) is 11.2. The molecule has 3 N–H and O–H groups in total. The summed E-state index contributed by atoms with van der Waals surface area (Å²) < 4.78 is 3.00. The van der Waals surface area contributed by atoms with E-state index in [1.165, 1.54) is 14.3 Å². The molecule has 2 heterocycles. The van der Waals surface area contributed by atoms with Crippen molar-refractivity contribution in [3.8, 4) is 5.69 Å². The molecule has 16 nitrogen and oxygen atoms in total. The molecule has 2 aliphatic carbocycles. The number of carbonyl (C=O) groups is 5. The molecule has 2 fully saturated rings. The van der Waals surface area contributed by atoms with E-state index < -0.39 is 29.9 Å². The van der Waals surface area contributed by atoms with Gasteiger partial charge >= 0.3 is 0 Å². The number of aromatic nitrogens is 6. The molecule has 0 bridgehead atoms. The van der Waals surface area contributed by atoms with Crippen molar-refractivity contribution in [3.05, 3.63) is 219 Å². The van der Waals surface area contributed by atoms with Crippen molar-refractivity contribution in [1.82, 2.24) is 45.9 Å². The summed E-state index contributed by atoms with van der Waals surface area (Å²) in [7, 11) is 0. The lowest BCUT2D eigenvalue weighted by atomic mass is 9.94. The van der Waals surface area contributed by atoms with Gasteiger partial charge in [0.05, 0.1) is 24.1 Å². The van der Waals surface area contributed by atoms with E-state index in [1.54, 1.807) is 90.8 Å². The predicted octanol–water partition coefficient (Wildman–Crippen LogP) is 11.2. The molecule has 81 heavy (non-hydrogen) atoms. The summed E-state index contributed by atoms with van der Waals surface area (Å²) in [4.78, 5) is 76.5. The maximum Gasteiger partial charge on any atom is 0.274 e. The molecular weight excluding hydrogens is 1060 g/mol. The van der Waals surface area contributed by atoms with Crippen LogP contribution >= 0.6 is 23.2 Å². The lowest BCUT2D eigenvalue weighted by molar-refractivity contribution is -0.128. The summed E-state index contributed by atoms with van der Waals surface area (Å²) in [5, 5.41) is 27.9. The lowest BCUT2D eigenvalue weighted by Crippen LogP contribution is -2.49. The summed E-state index contributed by atoms with van der Waals surface area (Å²) in [6.45, 7) is 1.65. The summed E-state index contributed by atoms with van der Waals surface area (Å²) in [5.74, 6) is -1.92. The molecule has 2 aliphatic rings. The van der Waals surface area contributed by atoms with Crippen molar-refractivity contribution in [1.29, 1.82) is 0 Å². The fourth-order valence-electron chi connectivity index (χ4n) is 10.9. The SMILES string of the molecule is Cc1c(C(=O)NCc2cn(C(Cc3ccccc3)C(=O)N(c3ccccc3)C(C(=O)NC3CCCCC3)c3ccccc3)nn2)nnn1-c1ccc(C(=O)N(c2ccc(Cl)cc2)C(C(=O)NC2CCCCC2)c2ccc(Cl)cc2)cc1. The van der Waals surface area contributed by atoms with Crippen molar-refractivity contribution < 1.29 is 24.0 Å². The zero-order chi connectivity index (χ0) is 56.2. The van der Waals surface area contributed by atoms with Crippen LogP contribution in [0.25, 0.3) is 5.69 Å². The first-order valence-electron chi connectivity index (χ1n) is 27.6. The zero-order valence-electron chi connectivity index (χ0n) is 44.9. The Hall–Kier alpha value is -8.47. The van der Waals surface area contributed by atoms with Crippen LogP contribution in [0.15, 0.2) is 170 Å². The van der Waals surface area contributed by atoms with Gasteiger partial charge in [-0.2, -0.15) is 0 Å². The van der Waals surface area contributed by atoms with E-state index in [0.29, 0.717) is 55.2 Å². The van der Waals surface area contributed by atoms with Crippen LogP contribution in [-0.4, -0.2) is 71.6 Å². The zero-order valence-corrected chi connectivity index (χ0v) is 46.4. The molecule has 0 spiro atoms. The van der Waals surface area contributed by atoms with Crippen LogP contribution in [0, 0.1) is 6.92 Å². The van der Waals surface area contributed by atoms with Crippen LogP contribution in [-0.2, 0) is 27.3 Å². The van der Waals surface area contributed by atoms with Gasteiger partial charge in [0.2, 0.25) is 11.8 Å². The second-order valence-corrected chi connectivity index (χ2v) is 21.6. The smallest absolute Gasteiger partial charge is 0.274 e. The molecule has 8 aromatic rings. The maximum atomic E-state index is 15.5. The Morgan fingerprint density at radius 3 is 1.69 bits per heavy atom. The molecule has 2 saturated carbocycles. The van der Waals surface area contributed by atoms with Crippen molar-refractivity contribution >= 4 is 64.1 Å². The first-order valence-corrected chi connectivity index (χ1v) is 28.4. The number of carbonyl (C=O) groups excluding carboxylic acids is 5. The van der Waals surface area contributed by atoms with Gasteiger partial charge in [-0.05, 0) is 122 Å². The molecule has 2 aromatic heterocycles. The number of anilines is 2. The molecule has 10 rings (SSSR count). The highest BCUT2D eigenvalue weighted by Crippen LogP contribution is 2.35. The topological polar surface area (TPSA) is 189 Å². The Bertz CT molecular complexity index is 3420. The Morgan fingerprint density at radius 2 is 1.10 bits per heavy atom. The van der Waals surface area contributed by atoms with Gasteiger partial charge in [-0.1, -0.05) is 163 Å². The van der Waals surface area contributed by atoms with E-state index in [1.807, 2.05) is 91.0 Å². The van der Waals surface area contributed by atoms with Crippen LogP contribution in [0.2, 0.25) is 10.0 Å². The number of hydrogen-bond acceptors (Lipinski definition) is 9. The van der Waals surface area contributed by atoms with E-state index in [2.05, 4.69) is 36.6 Å². The molecule has 414 valence electrons. The van der Waals surface area contributed by atoms with Crippen molar-refractivity contribution in [2.45, 2.75) is 114 Å². The number of nitrogens with zero attached hydrogens (tertiary/aromatic N) is 8. The van der Waals surface area contributed by atoms with Gasteiger partial charge in [0, 0.05) is 45.5 Å². The molecule has 0 aliphatic heterocycles. The minimum atomic E-state index is -1.05. The standard InChI is InChI=1S/C63H63Cl2N11O5/c1-42-56(70-72-76(42)54-35-29-46(30-36-54)62(80)74(53-37-33-48(65)34-38-53)58(45-27-31-47(64)32-28-45)61(79)68-50-23-13-5-14-24-50)59(77)66-40-51-41-73(71-69-51)55(39-43-17-7-2-8-18-43)63(81)75(52-25-15-6-16-26-52)57(44-19-9-3-10-20-44)60(78)67-49-21-11-4-12-22-49/h2-3,6-10,15-20,25-38,41,49-50,55,57-58H,4-5,11-14,21-24,39-40H2,1H3,(H,66,77)(H,67,78)(H,68,79). The predicted molar refractivity (Wildman–Crippen MR) is 312 cm³/mol. The van der Waals surface area contributed by atoms with E-state index >= 15 is 4.79 Å². The van der Waals surface area contributed by atoms with E-state index in [4.69, 9.17) is 23.2 Å². The first-order chi connectivity index (χ1) is 39.5. The van der Waals surface area contributed by atoms with Crippen LogP contribution < -0.4 is 25.8 Å². The minimum absolute atomic E-state index is 0.00268. The second kappa shape index (κ2) is 26.2. The van der Waals surface area contributed by atoms with Crippen LogP contribution in [0.4, 0.5) is 11.4 Å². The highest BCUT2D eigenvalue weighted by molar-refractivity contribution is 6.31. The van der Waals surface area contributed by atoms with Gasteiger partial charge in [0.1, 0.15) is 23.8 Å². The number of amides is 5. The number of para-hydroxylation sites is 1. The Morgan fingerprint density at radius 1 is 0.580 bits per heavy atom. The van der Waals surface area contributed by atoms with Crippen molar-refractivity contribution in [2.24, 2.45) is 0 Å². The van der Waals surface area contributed by atoms with E-state index in [-0.39, 0.29) is 48.5 Å². The summed E-state index contributed by atoms with van der Waals surface area (Å²) in [6.07, 6.45) is 11.7. The average molecular weight is 1130 g/mol. The van der Waals surface area contributed by atoms with Crippen molar-refractivity contribution in [3.63, 3.8) is 0 Å². The number of halogens is 2. The van der Waals surface area contributed by atoms with Gasteiger partial charge < -0.3 is 16.0 Å². The molecule has 0 radical (unpaired) electrons. The minimum Gasteiger partial charge on any atom is -0.351 e. The molecular formula is C63H63Cl2N11O5. The van der Waals surface area contributed by atoms with Crippen LogP contribution in [0.5, 0.6) is 0 Å². The average Bonchev–Trinajstić information content (AvgIpc) is 4.30. The molecule has 6 aromatic carbocycles. The molecule has 0 saturated heterocycles. The maximum absolute atomic E-state index is 15.5. The highest BCUT2D eigenvalue weighted by atomic mass is 35.5. The monoisotopic (exact) mass is 1120 g/mol. The van der Waals surface area contributed by atoms with Gasteiger partial charge in [-0.25, -0.2) is 9.36 Å². The van der Waals surface area contributed by atoms with Crippen LogP contribution in [0.3, 0.4) is 0 Å². The van der Waals surface area contributed by atoms with E-state index in [9.17, 15) is 19.2 Å². The van der Waals surface area contributed by atoms with Crippen molar-refractivity contribution in [2.75, 3.05) is 9.80 Å². The van der Waals surface area contributed by atoms with Gasteiger partial charge in [-0.3, -0.25) is 33.8 Å². The second-order valence-electron chi connectivity index (χ2n) is 20.7. The number of hydrogen-bond donors (Lipinski definition) is 3. The van der Waals surface area contributed by atoms with Crippen LogP contribution in [0.1, 0.15) is 131 Å². The first kappa shape index (κ1) is 55.8.